The number of rotatable bonds is 6. The minimum Gasteiger partial charge on any atom is -0.337 e. The lowest BCUT2D eigenvalue weighted by Crippen LogP contribution is -2.35. The van der Waals surface area contributed by atoms with E-state index in [1.807, 2.05) is 74.2 Å². The minimum atomic E-state index is -0.277. The number of aryl methyl sites for hydroxylation is 2. The van der Waals surface area contributed by atoms with Gasteiger partial charge in [-0.2, -0.15) is 0 Å². The number of amides is 2. The molecule has 0 bridgehead atoms. The molecule has 1 heterocycles. The average Bonchev–Trinajstić information content (AvgIpc) is 2.89. The number of carbonyl (C=O) groups excluding carboxylic acids is 2. The van der Waals surface area contributed by atoms with E-state index in [0.29, 0.717) is 17.8 Å². The molecule has 0 N–H and O–H groups in total. The lowest BCUT2D eigenvalue weighted by atomic mass is 9.97. The van der Waals surface area contributed by atoms with Crippen LogP contribution in [0.25, 0.3) is 5.57 Å². The van der Waals surface area contributed by atoms with Gasteiger partial charge in [-0.25, -0.2) is 0 Å². The molecule has 0 aliphatic carbocycles. The number of likely N-dealkylation sites (N-methyl/N-ethyl adjacent to an activating group) is 1. The minimum absolute atomic E-state index is 0.196. The summed E-state index contributed by atoms with van der Waals surface area (Å²) in [6.07, 6.45) is 1.58. The Balaban J connectivity index is 2.24. The monoisotopic (exact) mass is 360 g/mol. The fraction of sp³-hybridized carbons (Fsp3) is 0.217. The maximum atomic E-state index is 13.2. The molecule has 3 rings (SSSR count). The van der Waals surface area contributed by atoms with Crippen LogP contribution in [-0.4, -0.2) is 29.8 Å². The number of nitrogens with zero attached hydrogens (tertiary/aromatic N) is 2. The van der Waals surface area contributed by atoms with Gasteiger partial charge in [-0.3, -0.25) is 14.5 Å². The molecular weight excluding hydrogens is 336 g/mol. The fourth-order valence-corrected chi connectivity index (χ4v) is 3.52. The maximum absolute atomic E-state index is 13.2. The molecule has 2 aromatic carbocycles. The highest BCUT2D eigenvalue weighted by Gasteiger charge is 2.41. The Morgan fingerprint density at radius 3 is 2.33 bits per heavy atom. The van der Waals surface area contributed by atoms with Gasteiger partial charge in [-0.15, -0.1) is 6.58 Å². The molecule has 1 aliphatic heterocycles. The number of benzene rings is 2. The topological polar surface area (TPSA) is 40.6 Å². The first-order valence-corrected chi connectivity index (χ1v) is 9.11. The van der Waals surface area contributed by atoms with Gasteiger partial charge in [0, 0.05) is 18.8 Å². The third kappa shape index (κ3) is 3.31. The van der Waals surface area contributed by atoms with Gasteiger partial charge >= 0.3 is 0 Å². The van der Waals surface area contributed by atoms with Gasteiger partial charge < -0.3 is 4.90 Å². The number of hydrogen-bond donors (Lipinski definition) is 0. The van der Waals surface area contributed by atoms with Crippen molar-refractivity contribution >= 4 is 23.1 Å². The molecule has 0 radical (unpaired) electrons. The van der Waals surface area contributed by atoms with Crippen LogP contribution in [0.1, 0.15) is 23.6 Å². The third-order valence-electron chi connectivity index (χ3n) is 4.76. The molecule has 2 amide bonds. The molecular formula is C23H24N2O2. The average molecular weight is 360 g/mol. The van der Waals surface area contributed by atoms with Crippen LogP contribution in [0.2, 0.25) is 0 Å². The lowest BCUT2D eigenvalue weighted by molar-refractivity contribution is -0.136. The first kappa shape index (κ1) is 18.6. The highest BCUT2D eigenvalue weighted by atomic mass is 16.2. The molecule has 138 valence electrons. The highest BCUT2D eigenvalue weighted by molar-refractivity contribution is 6.37. The largest absolute Gasteiger partial charge is 0.337 e. The Morgan fingerprint density at radius 1 is 1.04 bits per heavy atom. The molecule has 0 aromatic heterocycles. The van der Waals surface area contributed by atoms with Crippen LogP contribution in [0.15, 0.2) is 66.9 Å². The Bertz CT molecular complexity index is 929. The fourth-order valence-electron chi connectivity index (χ4n) is 3.52. The molecule has 0 atom stereocenters. The summed E-state index contributed by atoms with van der Waals surface area (Å²) in [7, 11) is 0. The number of imide groups is 1. The summed E-state index contributed by atoms with van der Waals surface area (Å²) < 4.78 is 0. The summed E-state index contributed by atoms with van der Waals surface area (Å²) >= 11 is 0. The van der Waals surface area contributed by atoms with E-state index in [4.69, 9.17) is 0 Å². The Kier molecular flexibility index (Phi) is 5.26. The zero-order valence-electron chi connectivity index (χ0n) is 16.0. The molecule has 0 saturated carbocycles. The van der Waals surface area contributed by atoms with Crippen LogP contribution in [-0.2, 0) is 9.59 Å². The van der Waals surface area contributed by atoms with Crippen molar-refractivity contribution in [3.8, 4) is 0 Å². The van der Waals surface area contributed by atoms with Crippen molar-refractivity contribution in [2.45, 2.75) is 20.8 Å². The highest BCUT2D eigenvalue weighted by Crippen LogP contribution is 2.35. The van der Waals surface area contributed by atoms with E-state index in [0.717, 1.165) is 22.4 Å². The zero-order valence-corrected chi connectivity index (χ0v) is 16.0. The van der Waals surface area contributed by atoms with Gasteiger partial charge in [0.15, 0.2) is 0 Å². The van der Waals surface area contributed by atoms with Crippen LogP contribution in [0, 0.1) is 13.8 Å². The molecule has 0 unspecified atom stereocenters. The summed E-state index contributed by atoms with van der Waals surface area (Å²) in [5, 5.41) is 0. The Hall–Kier alpha value is -3.14. The van der Waals surface area contributed by atoms with Crippen LogP contribution in [0.3, 0.4) is 0 Å². The predicted octanol–water partition coefficient (Wildman–Crippen LogP) is 4.10. The normalized spacial score (nSPS) is 14.1. The quantitative estimate of drug-likeness (QED) is 0.575. The van der Waals surface area contributed by atoms with E-state index < -0.39 is 0 Å². The Labute approximate surface area is 160 Å². The first-order chi connectivity index (χ1) is 13.0. The van der Waals surface area contributed by atoms with Gasteiger partial charge in [0.1, 0.15) is 5.70 Å². The maximum Gasteiger partial charge on any atom is 0.278 e. The number of carbonyl (C=O) groups is 2. The van der Waals surface area contributed by atoms with Crippen molar-refractivity contribution < 1.29 is 9.59 Å². The molecule has 0 spiro atoms. The second kappa shape index (κ2) is 7.62. The van der Waals surface area contributed by atoms with Gasteiger partial charge in [-0.05, 0) is 44.0 Å². The summed E-state index contributed by atoms with van der Waals surface area (Å²) in [6, 6.07) is 15.6. The zero-order chi connectivity index (χ0) is 19.6. The molecule has 4 nitrogen and oxygen atoms in total. The molecule has 27 heavy (non-hydrogen) atoms. The first-order valence-electron chi connectivity index (χ1n) is 9.11. The van der Waals surface area contributed by atoms with Crippen LogP contribution in [0.5, 0.6) is 0 Å². The molecule has 0 fully saturated rings. The molecule has 2 aromatic rings. The van der Waals surface area contributed by atoms with Crippen LogP contribution in [0.4, 0.5) is 5.69 Å². The van der Waals surface area contributed by atoms with E-state index in [1.165, 1.54) is 4.90 Å². The molecule has 1 aliphatic rings. The summed E-state index contributed by atoms with van der Waals surface area (Å²) in [5.74, 6) is -0.545. The van der Waals surface area contributed by atoms with Crippen molar-refractivity contribution in [3.05, 3.63) is 83.6 Å². The van der Waals surface area contributed by atoms with Crippen molar-refractivity contribution in [1.82, 2.24) is 4.90 Å². The van der Waals surface area contributed by atoms with E-state index in [2.05, 4.69) is 6.58 Å². The van der Waals surface area contributed by atoms with E-state index in [9.17, 15) is 9.59 Å². The summed E-state index contributed by atoms with van der Waals surface area (Å²) in [5.41, 5.74) is 4.68. The van der Waals surface area contributed by atoms with Crippen molar-refractivity contribution in [1.29, 1.82) is 0 Å². The smallest absolute Gasteiger partial charge is 0.278 e. The van der Waals surface area contributed by atoms with Gasteiger partial charge in [-0.1, -0.05) is 48.0 Å². The van der Waals surface area contributed by atoms with Crippen LogP contribution < -0.4 is 4.90 Å². The number of hydrogen-bond acceptors (Lipinski definition) is 3. The van der Waals surface area contributed by atoms with Gasteiger partial charge in [0.2, 0.25) is 0 Å². The van der Waals surface area contributed by atoms with Crippen LogP contribution >= 0.6 is 0 Å². The molecule has 0 saturated heterocycles. The number of anilines is 1. The predicted molar refractivity (Wildman–Crippen MR) is 109 cm³/mol. The van der Waals surface area contributed by atoms with Gasteiger partial charge in [0.05, 0.1) is 5.57 Å². The van der Waals surface area contributed by atoms with Gasteiger partial charge in [0.25, 0.3) is 11.8 Å². The second-order valence-corrected chi connectivity index (χ2v) is 6.63. The van der Waals surface area contributed by atoms with E-state index in [1.54, 1.807) is 6.08 Å². The number of para-hydroxylation sites is 1. The second-order valence-electron chi connectivity index (χ2n) is 6.63. The van der Waals surface area contributed by atoms with Crippen molar-refractivity contribution in [3.63, 3.8) is 0 Å². The van der Waals surface area contributed by atoms with Crippen molar-refractivity contribution in [2.75, 3.05) is 18.0 Å². The standard InChI is InChI=1S/C23H24N2O2/c1-5-14-25-22(26)20(19-13-12-16(3)15-17(19)4)21(23(25)27)24(6-2)18-10-8-7-9-11-18/h5,7-13,15H,1,6,14H2,2-4H3. The lowest BCUT2D eigenvalue weighted by Gasteiger charge is -2.25. The Morgan fingerprint density at radius 2 is 1.74 bits per heavy atom. The SMILES string of the molecule is C=CCN1C(=O)C(c2ccc(C)cc2C)=C(N(CC)c2ccccc2)C1=O. The summed E-state index contributed by atoms with van der Waals surface area (Å²) in [4.78, 5) is 29.6. The summed E-state index contributed by atoms with van der Waals surface area (Å²) in [6.45, 7) is 10.4. The third-order valence-corrected chi connectivity index (χ3v) is 4.76. The van der Waals surface area contributed by atoms with Crippen molar-refractivity contribution in [2.24, 2.45) is 0 Å². The van der Waals surface area contributed by atoms with E-state index >= 15 is 0 Å². The van der Waals surface area contributed by atoms with E-state index in [-0.39, 0.29) is 18.4 Å². The molecule has 4 heteroatoms.